The second-order valence-electron chi connectivity index (χ2n) is 3.08. The van der Waals surface area contributed by atoms with E-state index in [4.69, 9.17) is 4.74 Å². The largest absolute Gasteiger partial charge is 0.466 e. The third-order valence-corrected chi connectivity index (χ3v) is 2.77. The molecule has 0 bridgehead atoms. The Hall–Kier alpha value is -0.130. The van der Waals surface area contributed by atoms with Gasteiger partial charge in [0.15, 0.2) is 0 Å². The zero-order valence-corrected chi connectivity index (χ0v) is 9.16. The maximum atomic E-state index is 11.3. The topological polar surface area (TPSA) is 49.8 Å². The van der Waals surface area contributed by atoms with Crippen molar-refractivity contribution in [2.75, 3.05) is 19.7 Å². The molecule has 0 aromatic carbocycles. The van der Waals surface area contributed by atoms with Gasteiger partial charge in [-0.2, -0.15) is 0 Å². The Labute approximate surface area is 86.2 Å². The highest BCUT2D eigenvalue weighted by Crippen LogP contribution is 2.21. The molecule has 0 aliphatic carbocycles. The number of β-amino-alcohol motifs (C(OH)–C–C–N with tert-alkyl or cyclic N) is 1. The molecule has 1 aliphatic rings. The van der Waals surface area contributed by atoms with Gasteiger partial charge in [-0.1, -0.05) is 0 Å². The van der Waals surface area contributed by atoms with Gasteiger partial charge in [-0.3, -0.25) is 4.79 Å². The Kier molecular flexibility index (Phi) is 4.15. The molecule has 1 aliphatic heterocycles. The molecule has 0 amide bonds. The Balaban J connectivity index is 2.45. The van der Waals surface area contributed by atoms with Crippen LogP contribution in [0.25, 0.3) is 0 Å². The summed E-state index contributed by atoms with van der Waals surface area (Å²) in [4.78, 5) is 11.3. The molecule has 0 aromatic rings. The van der Waals surface area contributed by atoms with Crippen LogP contribution in [-0.2, 0) is 9.53 Å². The second-order valence-corrected chi connectivity index (χ2v) is 4.09. The summed E-state index contributed by atoms with van der Waals surface area (Å²) in [6.07, 6.45) is 0.0257. The van der Waals surface area contributed by atoms with E-state index < -0.39 is 6.10 Å². The SMILES string of the molecule is CCOC(=O)C1CCN(Br)CC1O. The number of carbonyl (C=O) groups is 1. The summed E-state index contributed by atoms with van der Waals surface area (Å²) in [5.74, 6) is -0.635. The predicted molar refractivity (Wildman–Crippen MR) is 51.2 cm³/mol. The van der Waals surface area contributed by atoms with Gasteiger partial charge in [-0.15, -0.1) is 0 Å². The van der Waals surface area contributed by atoms with Crippen molar-refractivity contribution in [3.8, 4) is 0 Å². The van der Waals surface area contributed by atoms with Crippen LogP contribution in [0.4, 0.5) is 0 Å². The summed E-state index contributed by atoms with van der Waals surface area (Å²) in [6.45, 7) is 3.38. The van der Waals surface area contributed by atoms with Crippen LogP contribution in [-0.4, -0.2) is 40.8 Å². The first-order valence-electron chi connectivity index (χ1n) is 4.40. The number of esters is 1. The minimum Gasteiger partial charge on any atom is -0.466 e. The van der Waals surface area contributed by atoms with E-state index in [9.17, 15) is 9.90 Å². The quantitative estimate of drug-likeness (QED) is 0.575. The fraction of sp³-hybridized carbons (Fsp3) is 0.875. The molecule has 1 rings (SSSR count). The van der Waals surface area contributed by atoms with Gasteiger partial charge in [-0.05, 0) is 13.3 Å². The molecular formula is C8H14BrNO3. The number of rotatable bonds is 2. The van der Waals surface area contributed by atoms with Gasteiger partial charge in [0.25, 0.3) is 0 Å². The minimum absolute atomic E-state index is 0.282. The van der Waals surface area contributed by atoms with Crippen molar-refractivity contribution in [3.63, 3.8) is 0 Å². The van der Waals surface area contributed by atoms with Gasteiger partial charge in [0.1, 0.15) is 0 Å². The molecule has 0 radical (unpaired) electrons. The fourth-order valence-corrected chi connectivity index (χ4v) is 1.92. The van der Waals surface area contributed by atoms with Crippen molar-refractivity contribution in [2.45, 2.75) is 19.4 Å². The number of hydrogen-bond acceptors (Lipinski definition) is 4. The average Bonchev–Trinajstić information content (AvgIpc) is 2.04. The zero-order valence-electron chi connectivity index (χ0n) is 7.57. The molecule has 2 atom stereocenters. The third kappa shape index (κ3) is 2.93. The van der Waals surface area contributed by atoms with E-state index in [0.717, 1.165) is 6.54 Å². The highest BCUT2D eigenvalue weighted by molar-refractivity contribution is 9.07. The fourth-order valence-electron chi connectivity index (χ4n) is 1.42. The molecule has 1 saturated heterocycles. The molecule has 1 fully saturated rings. The molecule has 2 unspecified atom stereocenters. The molecule has 0 spiro atoms. The van der Waals surface area contributed by atoms with Crippen molar-refractivity contribution in [1.82, 2.24) is 3.93 Å². The molecule has 0 aromatic heterocycles. The standard InChI is InChI=1S/C8H14BrNO3/c1-2-13-8(12)6-3-4-10(9)5-7(6)11/h6-7,11H,2-5H2,1H3. The van der Waals surface area contributed by atoms with Gasteiger partial charge < -0.3 is 9.84 Å². The molecule has 5 heteroatoms. The lowest BCUT2D eigenvalue weighted by Gasteiger charge is -2.30. The van der Waals surface area contributed by atoms with E-state index in [-0.39, 0.29) is 11.9 Å². The van der Waals surface area contributed by atoms with E-state index in [0.29, 0.717) is 19.6 Å². The number of halogens is 1. The van der Waals surface area contributed by atoms with Crippen molar-refractivity contribution in [3.05, 3.63) is 0 Å². The van der Waals surface area contributed by atoms with E-state index in [1.54, 1.807) is 6.92 Å². The molecule has 0 saturated carbocycles. The van der Waals surface area contributed by atoms with Crippen LogP contribution in [0.2, 0.25) is 0 Å². The summed E-state index contributed by atoms with van der Waals surface area (Å²) in [5.41, 5.74) is 0. The predicted octanol–water partition coefficient (Wildman–Crippen LogP) is 0.542. The Morgan fingerprint density at radius 1 is 1.77 bits per heavy atom. The van der Waals surface area contributed by atoms with Crippen molar-refractivity contribution < 1.29 is 14.6 Å². The van der Waals surface area contributed by atoms with Gasteiger partial charge in [0.2, 0.25) is 0 Å². The Morgan fingerprint density at radius 2 is 2.46 bits per heavy atom. The molecule has 1 N–H and O–H groups in total. The molecular weight excluding hydrogens is 238 g/mol. The van der Waals surface area contributed by atoms with Crippen LogP contribution in [0.5, 0.6) is 0 Å². The minimum atomic E-state index is -0.618. The summed E-state index contributed by atoms with van der Waals surface area (Å²) >= 11 is 3.27. The lowest BCUT2D eigenvalue weighted by atomic mass is 9.95. The molecule has 4 nitrogen and oxygen atoms in total. The zero-order chi connectivity index (χ0) is 9.84. The first-order valence-corrected chi connectivity index (χ1v) is 5.11. The number of ether oxygens (including phenoxy) is 1. The van der Waals surface area contributed by atoms with Gasteiger partial charge in [0, 0.05) is 29.2 Å². The number of piperidine rings is 1. The summed E-state index contributed by atoms with van der Waals surface area (Å²) in [5, 5.41) is 9.56. The number of aliphatic hydroxyl groups is 1. The number of hydrogen-bond donors (Lipinski definition) is 1. The monoisotopic (exact) mass is 251 g/mol. The van der Waals surface area contributed by atoms with Crippen molar-refractivity contribution >= 4 is 22.1 Å². The van der Waals surface area contributed by atoms with Crippen LogP contribution in [0.1, 0.15) is 13.3 Å². The van der Waals surface area contributed by atoms with Gasteiger partial charge in [-0.25, -0.2) is 3.93 Å². The molecule has 1 heterocycles. The maximum Gasteiger partial charge on any atom is 0.311 e. The average molecular weight is 252 g/mol. The van der Waals surface area contributed by atoms with E-state index in [2.05, 4.69) is 16.1 Å². The molecule has 76 valence electrons. The number of nitrogens with zero attached hydrogens (tertiary/aromatic N) is 1. The summed E-state index contributed by atoms with van der Waals surface area (Å²) < 4.78 is 6.68. The first kappa shape index (κ1) is 10.9. The summed E-state index contributed by atoms with van der Waals surface area (Å²) in [6, 6.07) is 0. The maximum absolute atomic E-state index is 11.3. The summed E-state index contributed by atoms with van der Waals surface area (Å²) in [7, 11) is 0. The normalized spacial score (nSPS) is 30.1. The highest BCUT2D eigenvalue weighted by atomic mass is 79.9. The Morgan fingerprint density at radius 3 is 3.00 bits per heavy atom. The molecule has 13 heavy (non-hydrogen) atoms. The number of aliphatic hydroxyl groups excluding tert-OH is 1. The van der Waals surface area contributed by atoms with Crippen molar-refractivity contribution in [2.24, 2.45) is 5.92 Å². The Bertz CT molecular complexity index is 188. The highest BCUT2D eigenvalue weighted by Gasteiger charge is 2.33. The van der Waals surface area contributed by atoms with Gasteiger partial charge >= 0.3 is 5.97 Å². The smallest absolute Gasteiger partial charge is 0.311 e. The lowest BCUT2D eigenvalue weighted by molar-refractivity contribution is -0.153. The third-order valence-electron chi connectivity index (χ3n) is 2.12. The van der Waals surface area contributed by atoms with E-state index >= 15 is 0 Å². The first-order chi connectivity index (χ1) is 6.15. The van der Waals surface area contributed by atoms with Crippen LogP contribution in [0, 0.1) is 5.92 Å². The van der Waals surface area contributed by atoms with Crippen LogP contribution >= 0.6 is 16.1 Å². The van der Waals surface area contributed by atoms with Crippen LogP contribution in [0.15, 0.2) is 0 Å². The van der Waals surface area contributed by atoms with Crippen molar-refractivity contribution in [1.29, 1.82) is 0 Å². The number of carbonyl (C=O) groups excluding carboxylic acids is 1. The van der Waals surface area contributed by atoms with E-state index in [1.807, 2.05) is 3.93 Å². The van der Waals surface area contributed by atoms with Crippen LogP contribution < -0.4 is 0 Å². The second kappa shape index (κ2) is 4.93. The van der Waals surface area contributed by atoms with Gasteiger partial charge in [0.05, 0.1) is 18.6 Å². The van der Waals surface area contributed by atoms with E-state index in [1.165, 1.54) is 0 Å². The lowest BCUT2D eigenvalue weighted by Crippen LogP contribution is -2.43. The van der Waals surface area contributed by atoms with Crippen LogP contribution in [0.3, 0.4) is 0 Å².